The second kappa shape index (κ2) is 9.49. The number of sulfonamides is 1. The summed E-state index contributed by atoms with van der Waals surface area (Å²) in [6.07, 6.45) is 0.0888. The highest BCUT2D eigenvalue weighted by atomic mass is 32.2. The molecule has 5 rings (SSSR count). The summed E-state index contributed by atoms with van der Waals surface area (Å²) in [7, 11) is -4.14. The topological polar surface area (TPSA) is 135 Å². The third kappa shape index (κ3) is 4.87. The molecule has 0 saturated carbocycles. The van der Waals surface area contributed by atoms with Gasteiger partial charge in [-0.15, -0.1) is 0 Å². The van der Waals surface area contributed by atoms with Gasteiger partial charge in [-0.2, -0.15) is 8.75 Å². The van der Waals surface area contributed by atoms with Gasteiger partial charge in [-0.3, -0.25) is 19.7 Å². The van der Waals surface area contributed by atoms with Crippen LogP contribution >= 0.6 is 11.7 Å². The van der Waals surface area contributed by atoms with Gasteiger partial charge in [0.1, 0.15) is 11.0 Å². The number of nitrogens with one attached hydrogen (secondary N) is 2. The van der Waals surface area contributed by atoms with Gasteiger partial charge in [0.2, 0.25) is 5.91 Å². The number of aromatic nitrogens is 2. The number of hydrogen-bond acceptors (Lipinski definition) is 8. The van der Waals surface area contributed by atoms with E-state index in [1.807, 2.05) is 13.8 Å². The summed E-state index contributed by atoms with van der Waals surface area (Å²) >= 11 is 1.04. The molecule has 0 bridgehead atoms. The van der Waals surface area contributed by atoms with Crippen molar-refractivity contribution >= 4 is 50.5 Å². The Kier molecular flexibility index (Phi) is 6.34. The number of benzene rings is 3. The summed E-state index contributed by atoms with van der Waals surface area (Å²) in [5, 5.41) is 2.24. The fourth-order valence-electron chi connectivity index (χ4n) is 4.25. The van der Waals surface area contributed by atoms with Crippen LogP contribution in [-0.2, 0) is 21.2 Å². The number of nitrogens with zero attached hydrogens (tertiary/aromatic N) is 2. The number of carbonyl (C=O) groups is 3. The molecule has 9 nitrogen and oxygen atoms in total. The number of imide groups is 1. The maximum absolute atomic E-state index is 13.5. The van der Waals surface area contributed by atoms with Crippen LogP contribution in [0.1, 0.15) is 63.1 Å². The standard InChI is InChI=1S/C26H22N4O5S2/c1-14(2)16-4-7-18(8-5-16)37(34,35)30-26(33)20(17-6-10-22-23(13-17)29-36-28-22)11-15-3-9-19-21(12-15)25(32)27-24(19)31/h3-10,12-14,20H,11H2,1-2H3,(H,30,33)(H,27,31,32). The lowest BCUT2D eigenvalue weighted by Crippen LogP contribution is -2.35. The first-order chi connectivity index (χ1) is 17.6. The summed E-state index contributed by atoms with van der Waals surface area (Å²) in [5.41, 5.74) is 3.86. The monoisotopic (exact) mass is 534 g/mol. The molecule has 1 unspecified atom stereocenters. The molecule has 2 heterocycles. The Bertz CT molecular complexity index is 1660. The molecule has 37 heavy (non-hydrogen) atoms. The minimum atomic E-state index is -4.14. The van der Waals surface area contributed by atoms with E-state index in [0.717, 1.165) is 17.3 Å². The van der Waals surface area contributed by atoms with Crippen molar-refractivity contribution in [2.75, 3.05) is 0 Å². The van der Waals surface area contributed by atoms with E-state index in [9.17, 15) is 22.8 Å². The first-order valence-electron chi connectivity index (χ1n) is 11.5. The number of fused-ring (bicyclic) bond motifs is 2. The van der Waals surface area contributed by atoms with Crippen LogP contribution < -0.4 is 10.0 Å². The van der Waals surface area contributed by atoms with Gasteiger partial charge < -0.3 is 0 Å². The van der Waals surface area contributed by atoms with Crippen LogP contribution in [0.15, 0.2) is 65.6 Å². The van der Waals surface area contributed by atoms with Crippen molar-refractivity contribution in [2.24, 2.45) is 0 Å². The fraction of sp³-hybridized carbons (Fsp3) is 0.192. The lowest BCUT2D eigenvalue weighted by atomic mass is 9.90. The van der Waals surface area contributed by atoms with Crippen molar-refractivity contribution in [1.29, 1.82) is 0 Å². The van der Waals surface area contributed by atoms with E-state index in [2.05, 4.69) is 18.8 Å². The molecule has 1 aliphatic heterocycles. The van der Waals surface area contributed by atoms with Crippen molar-refractivity contribution in [3.63, 3.8) is 0 Å². The van der Waals surface area contributed by atoms with Crippen LogP contribution in [0.5, 0.6) is 0 Å². The molecule has 0 radical (unpaired) electrons. The molecule has 11 heteroatoms. The highest BCUT2D eigenvalue weighted by molar-refractivity contribution is 7.90. The van der Waals surface area contributed by atoms with E-state index in [1.165, 1.54) is 18.2 Å². The Morgan fingerprint density at radius 2 is 1.57 bits per heavy atom. The van der Waals surface area contributed by atoms with E-state index < -0.39 is 33.7 Å². The molecule has 0 aliphatic carbocycles. The number of carbonyl (C=O) groups excluding carboxylic acids is 3. The predicted octanol–water partition coefficient (Wildman–Crippen LogP) is 3.53. The molecular formula is C26H22N4O5S2. The summed E-state index contributed by atoms with van der Waals surface area (Å²) in [6, 6.07) is 16.3. The Morgan fingerprint density at radius 1 is 0.892 bits per heavy atom. The van der Waals surface area contributed by atoms with Gasteiger partial charge in [0, 0.05) is 0 Å². The van der Waals surface area contributed by atoms with Crippen molar-refractivity contribution in [3.8, 4) is 0 Å². The average Bonchev–Trinajstić information content (AvgIpc) is 3.45. The lowest BCUT2D eigenvalue weighted by molar-refractivity contribution is -0.120. The van der Waals surface area contributed by atoms with Gasteiger partial charge in [-0.1, -0.05) is 38.1 Å². The van der Waals surface area contributed by atoms with Crippen molar-refractivity contribution in [1.82, 2.24) is 18.8 Å². The highest BCUT2D eigenvalue weighted by Gasteiger charge is 2.30. The van der Waals surface area contributed by atoms with Crippen molar-refractivity contribution < 1.29 is 22.8 Å². The van der Waals surface area contributed by atoms with Crippen LogP contribution in [0.4, 0.5) is 0 Å². The van der Waals surface area contributed by atoms with Crippen LogP contribution in [-0.4, -0.2) is 34.9 Å². The van der Waals surface area contributed by atoms with Gasteiger partial charge in [0.15, 0.2) is 0 Å². The third-order valence-electron chi connectivity index (χ3n) is 6.33. The van der Waals surface area contributed by atoms with Crippen molar-refractivity contribution in [3.05, 3.63) is 88.5 Å². The molecule has 1 aromatic heterocycles. The second-order valence-electron chi connectivity index (χ2n) is 9.13. The normalized spacial score (nSPS) is 14.0. The number of hydrogen-bond donors (Lipinski definition) is 2. The zero-order valence-electron chi connectivity index (χ0n) is 19.9. The van der Waals surface area contributed by atoms with Gasteiger partial charge >= 0.3 is 0 Å². The van der Waals surface area contributed by atoms with Crippen molar-refractivity contribution in [2.45, 2.75) is 37.0 Å². The highest BCUT2D eigenvalue weighted by Crippen LogP contribution is 2.27. The summed E-state index contributed by atoms with van der Waals surface area (Å²) in [6.45, 7) is 4.01. The molecule has 2 N–H and O–H groups in total. The van der Waals surface area contributed by atoms with E-state index >= 15 is 0 Å². The van der Waals surface area contributed by atoms with Gasteiger partial charge in [-0.25, -0.2) is 13.1 Å². The van der Waals surface area contributed by atoms with E-state index in [0.29, 0.717) is 22.2 Å². The predicted molar refractivity (Wildman–Crippen MR) is 138 cm³/mol. The molecule has 0 fully saturated rings. The molecular weight excluding hydrogens is 512 g/mol. The largest absolute Gasteiger partial charge is 0.288 e. The maximum atomic E-state index is 13.5. The van der Waals surface area contributed by atoms with Crippen LogP contribution in [0.25, 0.3) is 11.0 Å². The smallest absolute Gasteiger partial charge is 0.264 e. The first kappa shape index (κ1) is 24.7. The van der Waals surface area contributed by atoms with E-state index in [-0.39, 0.29) is 28.4 Å². The van der Waals surface area contributed by atoms with E-state index in [1.54, 1.807) is 42.5 Å². The molecule has 0 saturated heterocycles. The summed E-state index contributed by atoms with van der Waals surface area (Å²) < 4.78 is 36.8. The van der Waals surface area contributed by atoms with E-state index in [4.69, 9.17) is 0 Å². The van der Waals surface area contributed by atoms with Crippen LogP contribution in [0.3, 0.4) is 0 Å². The molecule has 0 spiro atoms. The Balaban J connectivity index is 1.48. The lowest BCUT2D eigenvalue weighted by Gasteiger charge is -2.18. The van der Waals surface area contributed by atoms with Gasteiger partial charge in [0.25, 0.3) is 21.8 Å². The number of rotatable bonds is 7. The summed E-state index contributed by atoms with van der Waals surface area (Å²) in [4.78, 5) is 37.5. The van der Waals surface area contributed by atoms with Gasteiger partial charge in [0.05, 0.1) is 33.7 Å². The second-order valence-corrected chi connectivity index (χ2v) is 11.3. The van der Waals surface area contributed by atoms with Crippen LogP contribution in [0.2, 0.25) is 0 Å². The molecule has 3 aromatic carbocycles. The summed E-state index contributed by atoms with van der Waals surface area (Å²) in [5.74, 6) is -2.40. The minimum absolute atomic E-state index is 0.0177. The van der Waals surface area contributed by atoms with Gasteiger partial charge in [-0.05, 0) is 65.4 Å². The fourth-order valence-corrected chi connectivity index (χ4v) is 5.79. The quantitative estimate of drug-likeness (QED) is 0.346. The SMILES string of the molecule is CC(C)c1ccc(S(=O)(=O)NC(=O)C(Cc2ccc3c(c2)C(=O)NC3=O)c2ccc3nsnc3c2)cc1. The molecule has 1 aliphatic rings. The maximum Gasteiger partial charge on any atom is 0.264 e. The Hall–Kier alpha value is -3.96. The molecule has 188 valence electrons. The average molecular weight is 535 g/mol. The van der Waals surface area contributed by atoms with Crippen LogP contribution in [0, 0.1) is 0 Å². The first-order valence-corrected chi connectivity index (χ1v) is 13.7. The third-order valence-corrected chi connectivity index (χ3v) is 8.25. The Morgan fingerprint density at radius 3 is 2.30 bits per heavy atom. The Labute approximate surface area is 217 Å². The zero-order chi connectivity index (χ0) is 26.3. The zero-order valence-corrected chi connectivity index (χ0v) is 21.5. The molecule has 3 amide bonds. The molecule has 4 aromatic rings. The molecule has 1 atom stereocenters. The number of amides is 3. The minimum Gasteiger partial charge on any atom is -0.288 e.